The first-order chi connectivity index (χ1) is 9.79. The third-order valence-corrected chi connectivity index (χ3v) is 3.19. The van der Waals surface area contributed by atoms with Gasteiger partial charge in [-0.15, -0.1) is 0 Å². The van der Waals surface area contributed by atoms with Crippen molar-refractivity contribution < 1.29 is 4.52 Å². The topological polar surface area (TPSA) is 72.5 Å². The van der Waals surface area contributed by atoms with Crippen LogP contribution in [-0.2, 0) is 7.05 Å². The van der Waals surface area contributed by atoms with Gasteiger partial charge in [0.2, 0.25) is 5.82 Å². The summed E-state index contributed by atoms with van der Waals surface area (Å²) in [6.45, 7) is 0. The Morgan fingerprint density at radius 3 is 3.00 bits per heavy atom. The van der Waals surface area contributed by atoms with Crippen LogP contribution in [-0.4, -0.2) is 24.9 Å². The predicted molar refractivity (Wildman–Crippen MR) is 73.8 cm³/mol. The fourth-order valence-corrected chi connectivity index (χ4v) is 2.18. The molecule has 1 N–H and O–H groups in total. The molecular formula is C14H11N5O. The molecule has 0 aliphatic carbocycles. The molecule has 0 aliphatic rings. The SMILES string of the molecule is Cn1cc(-c2noc(-c3ccc4cc[nH]c4c3)n2)cn1. The van der Waals surface area contributed by atoms with Gasteiger partial charge in [0.1, 0.15) is 0 Å². The minimum Gasteiger partial charge on any atom is -0.361 e. The first-order valence-corrected chi connectivity index (χ1v) is 6.20. The third kappa shape index (κ3) is 1.70. The fraction of sp³-hybridized carbons (Fsp3) is 0.0714. The molecule has 6 nitrogen and oxygen atoms in total. The fourth-order valence-electron chi connectivity index (χ4n) is 2.18. The van der Waals surface area contributed by atoms with Crippen LogP contribution in [0.5, 0.6) is 0 Å². The summed E-state index contributed by atoms with van der Waals surface area (Å²) in [7, 11) is 1.85. The van der Waals surface area contributed by atoms with Crippen molar-refractivity contribution in [2.45, 2.75) is 0 Å². The van der Waals surface area contributed by atoms with E-state index in [1.807, 2.05) is 43.7 Å². The zero-order chi connectivity index (χ0) is 13.5. The summed E-state index contributed by atoms with van der Waals surface area (Å²) >= 11 is 0. The molecule has 0 unspecified atom stereocenters. The number of hydrogen-bond donors (Lipinski definition) is 1. The number of nitrogens with zero attached hydrogens (tertiary/aromatic N) is 4. The van der Waals surface area contributed by atoms with Crippen LogP contribution in [0.2, 0.25) is 0 Å². The maximum atomic E-state index is 5.33. The van der Waals surface area contributed by atoms with Crippen molar-refractivity contribution in [3.63, 3.8) is 0 Å². The Morgan fingerprint density at radius 2 is 2.15 bits per heavy atom. The number of aryl methyl sites for hydroxylation is 1. The smallest absolute Gasteiger partial charge is 0.258 e. The molecule has 0 saturated heterocycles. The van der Waals surface area contributed by atoms with Crippen molar-refractivity contribution in [3.8, 4) is 22.8 Å². The maximum Gasteiger partial charge on any atom is 0.258 e. The van der Waals surface area contributed by atoms with Gasteiger partial charge in [-0.25, -0.2) is 0 Å². The highest BCUT2D eigenvalue weighted by atomic mass is 16.5. The Balaban J connectivity index is 1.77. The maximum absolute atomic E-state index is 5.33. The largest absolute Gasteiger partial charge is 0.361 e. The number of aromatic nitrogens is 5. The van der Waals surface area contributed by atoms with Gasteiger partial charge in [0.25, 0.3) is 5.89 Å². The Kier molecular flexibility index (Phi) is 2.23. The summed E-state index contributed by atoms with van der Waals surface area (Å²) in [5.41, 5.74) is 2.77. The van der Waals surface area contributed by atoms with Gasteiger partial charge in [-0.3, -0.25) is 4.68 Å². The molecule has 6 heteroatoms. The van der Waals surface area contributed by atoms with Gasteiger partial charge in [-0.2, -0.15) is 10.1 Å². The van der Waals surface area contributed by atoms with E-state index in [1.54, 1.807) is 10.9 Å². The number of hydrogen-bond acceptors (Lipinski definition) is 4. The van der Waals surface area contributed by atoms with E-state index in [0.717, 1.165) is 22.0 Å². The van der Waals surface area contributed by atoms with Crippen molar-refractivity contribution in [2.75, 3.05) is 0 Å². The molecule has 4 rings (SSSR count). The number of benzene rings is 1. The molecule has 0 atom stereocenters. The molecular weight excluding hydrogens is 254 g/mol. The normalized spacial score (nSPS) is 11.2. The van der Waals surface area contributed by atoms with Gasteiger partial charge < -0.3 is 9.51 Å². The lowest BCUT2D eigenvalue weighted by atomic mass is 10.1. The second-order valence-electron chi connectivity index (χ2n) is 4.61. The summed E-state index contributed by atoms with van der Waals surface area (Å²) < 4.78 is 7.03. The second kappa shape index (κ2) is 4.06. The zero-order valence-corrected chi connectivity index (χ0v) is 10.7. The van der Waals surface area contributed by atoms with E-state index >= 15 is 0 Å². The highest BCUT2D eigenvalue weighted by molar-refractivity contribution is 5.83. The molecule has 0 spiro atoms. The van der Waals surface area contributed by atoms with E-state index in [0.29, 0.717) is 11.7 Å². The van der Waals surface area contributed by atoms with Crippen LogP contribution < -0.4 is 0 Å². The molecule has 0 saturated carbocycles. The van der Waals surface area contributed by atoms with E-state index in [4.69, 9.17) is 4.52 Å². The number of rotatable bonds is 2. The highest BCUT2D eigenvalue weighted by Crippen LogP contribution is 2.24. The van der Waals surface area contributed by atoms with Gasteiger partial charge in [-0.1, -0.05) is 11.2 Å². The minimum absolute atomic E-state index is 0.500. The number of aromatic amines is 1. The lowest BCUT2D eigenvalue weighted by Crippen LogP contribution is -1.84. The lowest BCUT2D eigenvalue weighted by Gasteiger charge is -1.94. The van der Waals surface area contributed by atoms with Crippen LogP contribution in [0.1, 0.15) is 0 Å². The summed E-state index contributed by atoms with van der Waals surface area (Å²) in [5, 5.41) is 9.25. The van der Waals surface area contributed by atoms with Gasteiger partial charge in [-0.05, 0) is 23.6 Å². The quantitative estimate of drug-likeness (QED) is 0.604. The van der Waals surface area contributed by atoms with E-state index in [2.05, 4.69) is 20.2 Å². The average molecular weight is 265 g/mol. The van der Waals surface area contributed by atoms with Gasteiger partial charge in [0, 0.05) is 30.5 Å². The van der Waals surface area contributed by atoms with Crippen LogP contribution in [0.3, 0.4) is 0 Å². The molecule has 98 valence electrons. The average Bonchev–Trinajstić information content (AvgIpc) is 3.17. The Morgan fingerprint density at radius 1 is 1.20 bits per heavy atom. The van der Waals surface area contributed by atoms with E-state index in [1.165, 1.54) is 0 Å². The Hall–Kier alpha value is -2.89. The van der Waals surface area contributed by atoms with E-state index < -0.39 is 0 Å². The van der Waals surface area contributed by atoms with E-state index in [-0.39, 0.29) is 0 Å². The van der Waals surface area contributed by atoms with Crippen molar-refractivity contribution in [3.05, 3.63) is 42.9 Å². The van der Waals surface area contributed by atoms with Crippen LogP contribution in [0.15, 0.2) is 47.4 Å². The van der Waals surface area contributed by atoms with Crippen LogP contribution in [0.4, 0.5) is 0 Å². The number of fused-ring (bicyclic) bond motifs is 1. The van der Waals surface area contributed by atoms with Gasteiger partial charge in [0.05, 0.1) is 11.8 Å². The van der Waals surface area contributed by atoms with Crippen molar-refractivity contribution >= 4 is 10.9 Å². The van der Waals surface area contributed by atoms with Crippen molar-refractivity contribution in [1.82, 2.24) is 24.9 Å². The third-order valence-electron chi connectivity index (χ3n) is 3.19. The Bertz CT molecular complexity index is 886. The first kappa shape index (κ1) is 11.0. The van der Waals surface area contributed by atoms with Gasteiger partial charge >= 0.3 is 0 Å². The second-order valence-corrected chi connectivity index (χ2v) is 4.61. The molecule has 1 aromatic carbocycles. The minimum atomic E-state index is 0.500. The molecule has 3 heterocycles. The highest BCUT2D eigenvalue weighted by Gasteiger charge is 2.12. The molecule has 4 aromatic rings. The van der Waals surface area contributed by atoms with Crippen molar-refractivity contribution in [2.24, 2.45) is 7.05 Å². The lowest BCUT2D eigenvalue weighted by molar-refractivity contribution is 0.432. The summed E-state index contributed by atoms with van der Waals surface area (Å²) in [5.74, 6) is 1.04. The molecule has 0 fully saturated rings. The molecule has 0 aliphatic heterocycles. The molecule has 0 radical (unpaired) electrons. The van der Waals surface area contributed by atoms with Crippen molar-refractivity contribution in [1.29, 1.82) is 0 Å². The molecule has 0 bridgehead atoms. The molecule has 0 amide bonds. The summed E-state index contributed by atoms with van der Waals surface area (Å²) in [4.78, 5) is 7.58. The first-order valence-electron chi connectivity index (χ1n) is 6.20. The summed E-state index contributed by atoms with van der Waals surface area (Å²) in [6, 6.07) is 8.01. The monoisotopic (exact) mass is 265 g/mol. The number of H-pyrrole nitrogens is 1. The molecule has 20 heavy (non-hydrogen) atoms. The zero-order valence-electron chi connectivity index (χ0n) is 10.7. The van der Waals surface area contributed by atoms with Crippen LogP contribution in [0.25, 0.3) is 33.7 Å². The molecule has 3 aromatic heterocycles. The van der Waals surface area contributed by atoms with E-state index in [9.17, 15) is 0 Å². The standard InChI is InChI=1S/C14H11N5O/c1-19-8-11(7-16-19)13-17-14(20-18-13)10-3-2-9-4-5-15-12(9)6-10/h2-8,15H,1H3. The van der Waals surface area contributed by atoms with Crippen LogP contribution in [0, 0.1) is 0 Å². The number of nitrogens with one attached hydrogen (secondary N) is 1. The van der Waals surface area contributed by atoms with Crippen LogP contribution >= 0.6 is 0 Å². The predicted octanol–water partition coefficient (Wildman–Crippen LogP) is 2.62. The Labute approximate surface area is 114 Å². The summed E-state index contributed by atoms with van der Waals surface area (Å²) in [6.07, 6.45) is 5.47. The van der Waals surface area contributed by atoms with Gasteiger partial charge in [0.15, 0.2) is 0 Å².